The zero-order valence-corrected chi connectivity index (χ0v) is 14.0. The van der Waals surface area contributed by atoms with Gasteiger partial charge in [0.1, 0.15) is 11.6 Å². The molecule has 0 spiro atoms. The molecule has 3 nitrogen and oxygen atoms in total. The zero-order chi connectivity index (χ0) is 16.9. The van der Waals surface area contributed by atoms with Crippen LogP contribution in [0.4, 0.5) is 0 Å². The number of carbonyl (C=O) groups excluding carboxylic acids is 1. The van der Waals surface area contributed by atoms with Crippen molar-refractivity contribution in [2.45, 2.75) is 38.6 Å². The van der Waals surface area contributed by atoms with Crippen LogP contribution in [-0.2, 0) is 4.79 Å². The van der Waals surface area contributed by atoms with Crippen molar-refractivity contribution in [3.05, 3.63) is 53.6 Å². The first-order valence-corrected chi connectivity index (χ1v) is 8.59. The fraction of sp³-hybridized carbons (Fsp3) is 0.333. The van der Waals surface area contributed by atoms with Gasteiger partial charge in [0.15, 0.2) is 0 Å². The highest BCUT2D eigenvalue weighted by atomic mass is 16.1. The molecule has 2 atom stereocenters. The maximum Gasteiger partial charge on any atom is 0.262 e. The molecule has 0 radical (unpaired) electrons. The number of carbonyl (C=O) groups is 1. The first-order chi connectivity index (χ1) is 11.7. The normalized spacial score (nSPS) is 21.2. The molecule has 1 fully saturated rings. The molecule has 1 aliphatic rings. The van der Waals surface area contributed by atoms with Crippen LogP contribution in [0.1, 0.15) is 38.2 Å². The minimum absolute atomic E-state index is 0.169. The Morgan fingerprint density at radius 2 is 1.92 bits per heavy atom. The van der Waals surface area contributed by atoms with Gasteiger partial charge in [0.25, 0.3) is 5.91 Å². The Labute approximate surface area is 143 Å². The van der Waals surface area contributed by atoms with E-state index in [4.69, 9.17) is 0 Å². The maximum atomic E-state index is 12.5. The summed E-state index contributed by atoms with van der Waals surface area (Å²) in [4.78, 5) is 12.5. The molecule has 3 heteroatoms. The third kappa shape index (κ3) is 3.65. The van der Waals surface area contributed by atoms with Gasteiger partial charge in [0.2, 0.25) is 0 Å². The Morgan fingerprint density at radius 1 is 1.17 bits per heavy atom. The van der Waals surface area contributed by atoms with E-state index in [9.17, 15) is 10.1 Å². The average Bonchev–Trinajstić information content (AvgIpc) is 2.61. The van der Waals surface area contributed by atoms with Crippen LogP contribution in [0.5, 0.6) is 0 Å². The molecule has 0 aliphatic heterocycles. The average molecular weight is 318 g/mol. The Bertz CT molecular complexity index is 816. The Morgan fingerprint density at radius 3 is 2.67 bits per heavy atom. The molecular formula is C21H22N2O. The van der Waals surface area contributed by atoms with Gasteiger partial charge in [-0.15, -0.1) is 0 Å². The molecule has 24 heavy (non-hydrogen) atoms. The number of benzene rings is 2. The van der Waals surface area contributed by atoms with E-state index < -0.39 is 0 Å². The van der Waals surface area contributed by atoms with Crippen LogP contribution in [0.15, 0.2) is 48.0 Å². The van der Waals surface area contributed by atoms with Gasteiger partial charge < -0.3 is 5.32 Å². The molecule has 0 heterocycles. The minimum Gasteiger partial charge on any atom is -0.348 e. The summed E-state index contributed by atoms with van der Waals surface area (Å²) < 4.78 is 0. The Balaban J connectivity index is 1.79. The lowest BCUT2D eigenvalue weighted by atomic mass is 9.86. The molecule has 2 aromatic carbocycles. The van der Waals surface area contributed by atoms with E-state index >= 15 is 0 Å². The summed E-state index contributed by atoms with van der Waals surface area (Å²) >= 11 is 0. The standard InChI is InChI=1S/C21H22N2O/c1-15-6-2-5-9-20(15)23-21(24)19(14-22)13-16-10-11-17-7-3-4-8-18(17)12-16/h3-4,7-8,10-13,15,20H,2,5-6,9H2,1H3,(H,23,24)/b19-13+/t15-,20+/m0/s1. The van der Waals surface area contributed by atoms with Crippen LogP contribution in [-0.4, -0.2) is 11.9 Å². The lowest BCUT2D eigenvalue weighted by molar-refractivity contribution is -0.118. The largest absolute Gasteiger partial charge is 0.348 e. The second-order valence-electron chi connectivity index (χ2n) is 6.62. The van der Waals surface area contributed by atoms with Gasteiger partial charge in [0, 0.05) is 6.04 Å². The predicted octanol–water partition coefficient (Wildman–Crippen LogP) is 4.44. The third-order valence-corrected chi connectivity index (χ3v) is 4.88. The van der Waals surface area contributed by atoms with E-state index in [0.29, 0.717) is 5.92 Å². The molecular weight excluding hydrogens is 296 g/mol. The van der Waals surface area contributed by atoms with Crippen molar-refractivity contribution in [2.24, 2.45) is 5.92 Å². The van der Waals surface area contributed by atoms with Crippen LogP contribution in [0.2, 0.25) is 0 Å². The molecule has 1 amide bonds. The molecule has 2 aromatic rings. The van der Waals surface area contributed by atoms with E-state index in [1.807, 2.05) is 42.5 Å². The monoisotopic (exact) mass is 318 g/mol. The molecule has 0 aromatic heterocycles. The smallest absolute Gasteiger partial charge is 0.262 e. The number of nitrogens with zero attached hydrogens (tertiary/aromatic N) is 1. The van der Waals surface area contributed by atoms with Gasteiger partial charge in [-0.3, -0.25) is 4.79 Å². The molecule has 122 valence electrons. The molecule has 1 aliphatic carbocycles. The van der Waals surface area contributed by atoms with Gasteiger partial charge in [-0.1, -0.05) is 56.2 Å². The van der Waals surface area contributed by atoms with E-state index in [-0.39, 0.29) is 17.5 Å². The summed E-state index contributed by atoms with van der Waals surface area (Å²) in [5, 5.41) is 14.7. The Hall–Kier alpha value is -2.60. The number of nitrogens with one attached hydrogen (secondary N) is 1. The summed E-state index contributed by atoms with van der Waals surface area (Å²) in [6, 6.07) is 16.2. The number of hydrogen-bond donors (Lipinski definition) is 1. The van der Waals surface area contributed by atoms with E-state index in [0.717, 1.165) is 35.6 Å². The molecule has 1 saturated carbocycles. The van der Waals surface area contributed by atoms with Crippen molar-refractivity contribution in [3.63, 3.8) is 0 Å². The van der Waals surface area contributed by atoms with Crippen LogP contribution >= 0.6 is 0 Å². The summed E-state index contributed by atoms with van der Waals surface area (Å²) in [5.41, 5.74) is 1.04. The summed E-state index contributed by atoms with van der Waals surface area (Å²) in [6.45, 7) is 2.17. The topological polar surface area (TPSA) is 52.9 Å². The number of rotatable bonds is 3. The number of amides is 1. The lowest BCUT2D eigenvalue weighted by Gasteiger charge is -2.29. The SMILES string of the molecule is C[C@H]1CCCC[C@H]1NC(=O)/C(C#N)=C/c1ccc2ccccc2c1. The second kappa shape index (κ2) is 7.31. The van der Waals surface area contributed by atoms with Crippen LogP contribution < -0.4 is 5.32 Å². The van der Waals surface area contributed by atoms with Crippen molar-refractivity contribution in [1.29, 1.82) is 5.26 Å². The number of fused-ring (bicyclic) bond motifs is 1. The van der Waals surface area contributed by atoms with Gasteiger partial charge in [-0.05, 0) is 47.2 Å². The highest BCUT2D eigenvalue weighted by Gasteiger charge is 2.23. The zero-order valence-electron chi connectivity index (χ0n) is 14.0. The summed E-state index contributed by atoms with van der Waals surface area (Å²) in [5.74, 6) is 0.215. The Kier molecular flexibility index (Phi) is 4.96. The quantitative estimate of drug-likeness (QED) is 0.672. The second-order valence-corrected chi connectivity index (χ2v) is 6.62. The van der Waals surface area contributed by atoms with Crippen molar-refractivity contribution >= 4 is 22.8 Å². The molecule has 0 saturated heterocycles. The number of hydrogen-bond acceptors (Lipinski definition) is 2. The van der Waals surface area contributed by atoms with Crippen LogP contribution in [0, 0.1) is 17.2 Å². The fourth-order valence-corrected chi connectivity index (χ4v) is 3.39. The molecule has 1 N–H and O–H groups in total. The van der Waals surface area contributed by atoms with Gasteiger partial charge >= 0.3 is 0 Å². The van der Waals surface area contributed by atoms with Crippen molar-refractivity contribution < 1.29 is 4.79 Å². The van der Waals surface area contributed by atoms with E-state index in [1.165, 1.54) is 6.42 Å². The van der Waals surface area contributed by atoms with E-state index in [2.05, 4.69) is 18.3 Å². The van der Waals surface area contributed by atoms with Crippen molar-refractivity contribution in [1.82, 2.24) is 5.32 Å². The van der Waals surface area contributed by atoms with Crippen molar-refractivity contribution in [3.8, 4) is 6.07 Å². The molecule has 0 unspecified atom stereocenters. The molecule has 0 bridgehead atoms. The highest BCUT2D eigenvalue weighted by Crippen LogP contribution is 2.24. The van der Waals surface area contributed by atoms with Crippen molar-refractivity contribution in [2.75, 3.05) is 0 Å². The first kappa shape index (κ1) is 16.3. The van der Waals surface area contributed by atoms with Crippen LogP contribution in [0.25, 0.3) is 16.8 Å². The minimum atomic E-state index is -0.260. The lowest BCUT2D eigenvalue weighted by Crippen LogP contribution is -2.41. The van der Waals surface area contributed by atoms with E-state index in [1.54, 1.807) is 6.08 Å². The van der Waals surface area contributed by atoms with Gasteiger partial charge in [-0.25, -0.2) is 0 Å². The fourth-order valence-electron chi connectivity index (χ4n) is 3.39. The van der Waals surface area contributed by atoms with Gasteiger partial charge in [-0.2, -0.15) is 5.26 Å². The summed E-state index contributed by atoms with van der Waals surface area (Å²) in [7, 11) is 0. The van der Waals surface area contributed by atoms with Gasteiger partial charge in [0.05, 0.1) is 0 Å². The maximum absolute atomic E-state index is 12.5. The predicted molar refractivity (Wildman–Crippen MR) is 97.1 cm³/mol. The first-order valence-electron chi connectivity index (χ1n) is 8.59. The number of nitriles is 1. The molecule has 3 rings (SSSR count). The highest BCUT2D eigenvalue weighted by molar-refractivity contribution is 6.02. The summed E-state index contributed by atoms with van der Waals surface area (Å²) in [6.07, 6.45) is 6.19. The van der Waals surface area contributed by atoms with Crippen LogP contribution in [0.3, 0.4) is 0 Å². The third-order valence-electron chi connectivity index (χ3n) is 4.88.